The molecule has 7 heteroatoms. The van der Waals surface area contributed by atoms with Gasteiger partial charge in [-0.1, -0.05) is 0 Å². The highest BCUT2D eigenvalue weighted by molar-refractivity contribution is 7.14. The number of rotatable bonds is 7. The lowest BCUT2D eigenvalue weighted by Crippen LogP contribution is -3.08. The minimum absolute atomic E-state index is 0.126. The number of hydrogen-bond donors (Lipinski definition) is 2. The molecule has 0 aliphatic carbocycles. The Balaban J connectivity index is 1.97. The van der Waals surface area contributed by atoms with Crippen molar-refractivity contribution in [2.75, 3.05) is 33.1 Å². The number of nitrogens with one attached hydrogen (secondary N) is 2. The molecule has 0 radical (unpaired) electrons. The van der Waals surface area contributed by atoms with E-state index in [0.717, 1.165) is 22.0 Å². The summed E-state index contributed by atoms with van der Waals surface area (Å²) < 4.78 is 10.6. The highest BCUT2D eigenvalue weighted by Gasteiger charge is 2.15. The number of hydrogen-bond acceptors (Lipinski definition) is 5. The van der Waals surface area contributed by atoms with E-state index in [4.69, 9.17) is 14.7 Å². The molecule has 1 amide bonds. The van der Waals surface area contributed by atoms with E-state index in [-0.39, 0.29) is 12.5 Å². The number of quaternary nitrogens is 1. The summed E-state index contributed by atoms with van der Waals surface area (Å²) in [5.74, 6) is 1.34. The van der Waals surface area contributed by atoms with Crippen LogP contribution in [0.4, 0.5) is 5.00 Å². The highest BCUT2D eigenvalue weighted by Crippen LogP contribution is 2.24. The Labute approximate surface area is 145 Å². The SMILES string of the molecule is COc1ccc(C[NH+](C)CC(=O)Nc2sccc2C#N)c(OC)c1. The third-order valence-corrected chi connectivity index (χ3v) is 4.32. The van der Waals surface area contributed by atoms with Gasteiger partial charge in [-0.3, -0.25) is 4.79 Å². The van der Waals surface area contributed by atoms with Crippen molar-refractivity contribution >= 4 is 22.2 Å². The number of nitriles is 1. The number of anilines is 1. The first-order valence-corrected chi connectivity index (χ1v) is 8.25. The molecule has 24 heavy (non-hydrogen) atoms. The summed E-state index contributed by atoms with van der Waals surface area (Å²) >= 11 is 1.35. The summed E-state index contributed by atoms with van der Waals surface area (Å²) in [6, 6.07) is 9.39. The number of nitrogens with zero attached hydrogens (tertiary/aromatic N) is 1. The predicted octanol–water partition coefficient (Wildman–Crippen LogP) is 1.29. The van der Waals surface area contributed by atoms with Crippen LogP contribution in [0.5, 0.6) is 11.5 Å². The average molecular weight is 346 g/mol. The second-order valence-corrected chi connectivity index (χ2v) is 6.23. The van der Waals surface area contributed by atoms with Gasteiger partial charge in [0.05, 0.1) is 26.8 Å². The molecule has 1 unspecified atom stereocenters. The van der Waals surface area contributed by atoms with Crippen LogP contribution in [0, 0.1) is 11.3 Å². The van der Waals surface area contributed by atoms with Crippen molar-refractivity contribution in [1.29, 1.82) is 5.26 Å². The summed E-state index contributed by atoms with van der Waals surface area (Å²) in [6.07, 6.45) is 0. The van der Waals surface area contributed by atoms with Crippen LogP contribution < -0.4 is 19.7 Å². The van der Waals surface area contributed by atoms with Gasteiger partial charge in [0.25, 0.3) is 5.91 Å². The van der Waals surface area contributed by atoms with Crippen LogP contribution in [-0.2, 0) is 11.3 Å². The molecule has 0 bridgehead atoms. The first kappa shape index (κ1) is 17.8. The summed E-state index contributed by atoms with van der Waals surface area (Å²) in [5, 5.41) is 14.1. The van der Waals surface area contributed by atoms with E-state index < -0.39 is 0 Å². The van der Waals surface area contributed by atoms with Gasteiger partial charge in [-0.2, -0.15) is 5.26 Å². The van der Waals surface area contributed by atoms with Gasteiger partial charge in [0.15, 0.2) is 6.54 Å². The zero-order valence-electron chi connectivity index (χ0n) is 13.9. The van der Waals surface area contributed by atoms with Crippen molar-refractivity contribution in [3.63, 3.8) is 0 Å². The lowest BCUT2D eigenvalue weighted by Gasteiger charge is -2.16. The van der Waals surface area contributed by atoms with E-state index in [1.165, 1.54) is 11.3 Å². The largest absolute Gasteiger partial charge is 0.497 e. The van der Waals surface area contributed by atoms with Crippen molar-refractivity contribution < 1.29 is 19.2 Å². The van der Waals surface area contributed by atoms with Crippen molar-refractivity contribution in [2.24, 2.45) is 0 Å². The van der Waals surface area contributed by atoms with Gasteiger partial charge in [0.2, 0.25) is 0 Å². The molecule has 1 aromatic heterocycles. The Morgan fingerprint density at radius 2 is 2.12 bits per heavy atom. The summed E-state index contributed by atoms with van der Waals surface area (Å²) in [4.78, 5) is 13.2. The van der Waals surface area contributed by atoms with Gasteiger partial charge < -0.3 is 19.7 Å². The van der Waals surface area contributed by atoms with E-state index in [9.17, 15) is 4.79 Å². The predicted molar refractivity (Wildman–Crippen MR) is 92.7 cm³/mol. The second kappa shape index (κ2) is 8.34. The minimum Gasteiger partial charge on any atom is -0.497 e. The van der Waals surface area contributed by atoms with Crippen LogP contribution >= 0.6 is 11.3 Å². The quantitative estimate of drug-likeness (QED) is 0.792. The van der Waals surface area contributed by atoms with Crippen LogP contribution in [-0.4, -0.2) is 33.7 Å². The smallest absolute Gasteiger partial charge is 0.280 e. The van der Waals surface area contributed by atoms with Crippen molar-refractivity contribution in [1.82, 2.24) is 0 Å². The maximum absolute atomic E-state index is 12.1. The van der Waals surface area contributed by atoms with E-state index >= 15 is 0 Å². The Bertz CT molecular complexity index is 752. The fourth-order valence-electron chi connectivity index (χ4n) is 2.32. The zero-order valence-corrected chi connectivity index (χ0v) is 14.7. The fourth-order valence-corrected chi connectivity index (χ4v) is 3.08. The van der Waals surface area contributed by atoms with Crippen molar-refractivity contribution in [3.05, 3.63) is 40.8 Å². The van der Waals surface area contributed by atoms with E-state index in [0.29, 0.717) is 17.1 Å². The van der Waals surface area contributed by atoms with Crippen molar-refractivity contribution in [3.8, 4) is 17.6 Å². The monoisotopic (exact) mass is 346 g/mol. The van der Waals surface area contributed by atoms with E-state index in [2.05, 4.69) is 11.4 Å². The molecule has 2 N–H and O–H groups in total. The number of ether oxygens (including phenoxy) is 2. The van der Waals surface area contributed by atoms with Gasteiger partial charge in [0.1, 0.15) is 29.1 Å². The van der Waals surface area contributed by atoms with Crippen LogP contribution in [0.2, 0.25) is 0 Å². The van der Waals surface area contributed by atoms with E-state index in [1.807, 2.05) is 25.2 Å². The Kier molecular flexibility index (Phi) is 6.18. The average Bonchev–Trinajstić information content (AvgIpc) is 3.01. The van der Waals surface area contributed by atoms with Crippen LogP contribution in [0.15, 0.2) is 29.6 Å². The topological polar surface area (TPSA) is 75.8 Å². The van der Waals surface area contributed by atoms with Gasteiger partial charge >= 0.3 is 0 Å². The number of carbonyl (C=O) groups is 1. The molecule has 0 saturated carbocycles. The number of amides is 1. The van der Waals surface area contributed by atoms with Gasteiger partial charge in [0, 0.05) is 11.6 Å². The normalized spacial score (nSPS) is 11.4. The molecule has 126 valence electrons. The molecule has 1 atom stereocenters. The Morgan fingerprint density at radius 3 is 2.79 bits per heavy atom. The first-order valence-electron chi connectivity index (χ1n) is 7.37. The number of thiophene rings is 1. The lowest BCUT2D eigenvalue weighted by molar-refractivity contribution is -0.885. The first-order chi connectivity index (χ1) is 11.6. The summed E-state index contributed by atoms with van der Waals surface area (Å²) in [7, 11) is 5.15. The maximum atomic E-state index is 12.1. The maximum Gasteiger partial charge on any atom is 0.280 e. The highest BCUT2D eigenvalue weighted by atomic mass is 32.1. The van der Waals surface area contributed by atoms with Gasteiger partial charge in [-0.05, 0) is 23.6 Å². The summed E-state index contributed by atoms with van der Waals surface area (Å²) in [6.45, 7) is 0.925. The number of likely N-dealkylation sites (N-methyl/N-ethyl adjacent to an activating group) is 1. The Hall–Kier alpha value is -2.56. The van der Waals surface area contributed by atoms with Crippen LogP contribution in [0.1, 0.15) is 11.1 Å². The number of carbonyl (C=O) groups excluding carboxylic acids is 1. The molecule has 0 fully saturated rings. The molecule has 1 aromatic carbocycles. The Morgan fingerprint density at radius 1 is 1.33 bits per heavy atom. The molecule has 2 rings (SSSR count). The lowest BCUT2D eigenvalue weighted by atomic mass is 10.2. The van der Waals surface area contributed by atoms with Crippen LogP contribution in [0.25, 0.3) is 0 Å². The molecule has 0 aliphatic rings. The fraction of sp³-hybridized carbons (Fsp3) is 0.294. The van der Waals surface area contributed by atoms with Crippen LogP contribution in [0.3, 0.4) is 0 Å². The second-order valence-electron chi connectivity index (χ2n) is 5.31. The van der Waals surface area contributed by atoms with Gasteiger partial charge in [-0.25, -0.2) is 0 Å². The number of methoxy groups -OCH3 is 2. The van der Waals surface area contributed by atoms with Gasteiger partial charge in [-0.15, -0.1) is 11.3 Å². The molecule has 6 nitrogen and oxygen atoms in total. The zero-order chi connectivity index (χ0) is 17.5. The minimum atomic E-state index is -0.126. The third kappa shape index (κ3) is 4.47. The third-order valence-electron chi connectivity index (χ3n) is 3.49. The molecule has 0 saturated heterocycles. The molecular weight excluding hydrogens is 326 g/mol. The molecule has 0 aliphatic heterocycles. The molecular formula is C17H20N3O3S+. The number of benzene rings is 1. The van der Waals surface area contributed by atoms with Crippen molar-refractivity contribution in [2.45, 2.75) is 6.54 Å². The molecule has 2 aromatic rings. The molecule has 0 spiro atoms. The molecule has 1 heterocycles. The standard InChI is InChI=1S/C17H19N3O3S/c1-20(10-13-4-5-14(22-2)8-15(13)23-3)11-16(21)19-17-12(9-18)6-7-24-17/h4-8H,10-11H2,1-3H3,(H,19,21)/p+1. The van der Waals surface area contributed by atoms with E-state index in [1.54, 1.807) is 25.7 Å². The summed E-state index contributed by atoms with van der Waals surface area (Å²) in [5.41, 5.74) is 1.49.